The Morgan fingerprint density at radius 1 is 0.654 bits per heavy atom. The first kappa shape index (κ1) is 19.5. The van der Waals surface area contributed by atoms with Crippen molar-refractivity contribution in [2.45, 2.75) is 27.7 Å². The van der Waals surface area contributed by atoms with Gasteiger partial charge in [-0.15, -0.1) is 13.2 Å². The topological polar surface area (TPSA) is 0 Å². The van der Waals surface area contributed by atoms with Gasteiger partial charge >= 0.3 is 0 Å². The van der Waals surface area contributed by atoms with E-state index in [-0.39, 0.29) is 0 Å². The molecule has 26 heavy (non-hydrogen) atoms. The van der Waals surface area contributed by atoms with Crippen molar-refractivity contribution < 1.29 is 0 Å². The molecule has 0 radical (unpaired) electrons. The SMILES string of the molecule is C=C.C=Cc1c(C)ccc2c1ccc1c3cc(C)ccc3ccc21.CC. The minimum atomic E-state index is 1.24. The maximum atomic E-state index is 3.98. The van der Waals surface area contributed by atoms with E-state index in [4.69, 9.17) is 0 Å². The minimum Gasteiger partial charge on any atom is -0.106 e. The Bertz CT molecular complexity index is 1070. The molecule has 0 saturated heterocycles. The second-order valence-electron chi connectivity index (χ2n) is 6.05. The molecule has 0 aliphatic carbocycles. The zero-order chi connectivity index (χ0) is 19.3. The van der Waals surface area contributed by atoms with Crippen molar-refractivity contribution in [3.05, 3.63) is 91.0 Å². The van der Waals surface area contributed by atoms with Gasteiger partial charge in [-0.1, -0.05) is 86.7 Å². The van der Waals surface area contributed by atoms with Crippen LogP contribution in [-0.4, -0.2) is 0 Å². The summed E-state index contributed by atoms with van der Waals surface area (Å²) in [6, 6.07) is 20.1. The average molecular weight is 341 g/mol. The van der Waals surface area contributed by atoms with Gasteiger partial charge in [-0.2, -0.15) is 0 Å². The Kier molecular flexibility index (Phi) is 6.36. The van der Waals surface area contributed by atoms with Gasteiger partial charge in [0, 0.05) is 0 Å². The van der Waals surface area contributed by atoms with Crippen molar-refractivity contribution in [1.29, 1.82) is 0 Å². The van der Waals surface area contributed by atoms with E-state index in [1.807, 2.05) is 19.9 Å². The molecule has 0 aliphatic rings. The molecular weight excluding hydrogens is 312 g/mol. The molecular formula is C26H28. The first-order chi connectivity index (χ1) is 12.7. The maximum Gasteiger partial charge on any atom is -0.00987 e. The van der Waals surface area contributed by atoms with Gasteiger partial charge in [0.2, 0.25) is 0 Å². The highest BCUT2D eigenvalue weighted by atomic mass is 14.1. The van der Waals surface area contributed by atoms with E-state index < -0.39 is 0 Å². The molecule has 0 heterocycles. The number of hydrogen-bond donors (Lipinski definition) is 0. The maximum absolute atomic E-state index is 3.98. The Hall–Kier alpha value is -2.86. The summed E-state index contributed by atoms with van der Waals surface area (Å²) < 4.78 is 0. The molecule has 4 aromatic rings. The van der Waals surface area contributed by atoms with Gasteiger partial charge in [-0.05, 0) is 57.3 Å². The second kappa shape index (κ2) is 8.49. The fourth-order valence-electron chi connectivity index (χ4n) is 3.47. The summed E-state index contributed by atoms with van der Waals surface area (Å²) in [4.78, 5) is 0. The monoisotopic (exact) mass is 340 g/mol. The predicted octanol–water partition coefficient (Wildman–Crippen LogP) is 8.23. The fraction of sp³-hybridized carbons (Fsp3) is 0.154. The molecule has 0 bridgehead atoms. The van der Waals surface area contributed by atoms with Crippen molar-refractivity contribution in [1.82, 2.24) is 0 Å². The highest BCUT2D eigenvalue weighted by molar-refractivity contribution is 6.18. The van der Waals surface area contributed by atoms with E-state index in [1.54, 1.807) is 0 Å². The summed E-state index contributed by atoms with van der Waals surface area (Å²) in [5.41, 5.74) is 3.82. The highest BCUT2D eigenvalue weighted by Gasteiger charge is 2.08. The van der Waals surface area contributed by atoms with Gasteiger partial charge in [-0.3, -0.25) is 0 Å². The number of fused-ring (bicyclic) bond motifs is 5. The standard InChI is InChI=1S/C22H18.C2H6.C2H4/c1-4-17-15(3)6-9-19-18(17)11-12-21-20(19)10-8-16-7-5-14(2)13-22(16)21;2*1-2/h4-13H,1H2,2-3H3;1-2H3;1-2H2. The molecule has 0 heteroatoms. The molecule has 0 unspecified atom stereocenters. The summed E-state index contributed by atoms with van der Waals surface area (Å²) in [6.45, 7) is 18.3. The summed E-state index contributed by atoms with van der Waals surface area (Å²) >= 11 is 0. The first-order valence-electron chi connectivity index (χ1n) is 9.17. The van der Waals surface area contributed by atoms with E-state index in [0.29, 0.717) is 0 Å². The Morgan fingerprint density at radius 3 is 1.85 bits per heavy atom. The van der Waals surface area contributed by atoms with E-state index in [0.717, 1.165) is 0 Å². The van der Waals surface area contributed by atoms with Crippen molar-refractivity contribution >= 4 is 38.4 Å². The van der Waals surface area contributed by atoms with E-state index in [2.05, 4.69) is 88.2 Å². The van der Waals surface area contributed by atoms with E-state index >= 15 is 0 Å². The molecule has 0 fully saturated rings. The minimum absolute atomic E-state index is 1.24. The quantitative estimate of drug-likeness (QED) is 0.242. The lowest BCUT2D eigenvalue weighted by Gasteiger charge is -2.11. The molecule has 0 spiro atoms. The Morgan fingerprint density at radius 2 is 1.15 bits per heavy atom. The van der Waals surface area contributed by atoms with Crippen LogP contribution < -0.4 is 0 Å². The summed E-state index contributed by atoms with van der Waals surface area (Å²) in [5.74, 6) is 0. The molecule has 0 N–H and O–H groups in total. The third-order valence-corrected chi connectivity index (χ3v) is 4.63. The van der Waals surface area contributed by atoms with Crippen LogP contribution in [0.2, 0.25) is 0 Å². The van der Waals surface area contributed by atoms with Crippen molar-refractivity contribution in [3.8, 4) is 0 Å². The third kappa shape index (κ3) is 3.28. The van der Waals surface area contributed by atoms with Gasteiger partial charge in [-0.25, -0.2) is 0 Å². The second-order valence-corrected chi connectivity index (χ2v) is 6.05. The zero-order valence-electron chi connectivity index (χ0n) is 16.4. The molecule has 0 amide bonds. The van der Waals surface area contributed by atoms with Crippen LogP contribution in [0, 0.1) is 13.8 Å². The van der Waals surface area contributed by atoms with Crippen LogP contribution in [0.5, 0.6) is 0 Å². The van der Waals surface area contributed by atoms with E-state index in [9.17, 15) is 0 Å². The molecule has 0 aliphatic heterocycles. The van der Waals surface area contributed by atoms with Crippen molar-refractivity contribution in [3.63, 3.8) is 0 Å². The fourth-order valence-corrected chi connectivity index (χ4v) is 3.47. The predicted molar refractivity (Wildman–Crippen MR) is 121 cm³/mol. The van der Waals surface area contributed by atoms with Gasteiger partial charge in [0.15, 0.2) is 0 Å². The summed E-state index contributed by atoms with van der Waals surface area (Å²) in [5, 5.41) is 7.87. The molecule has 0 nitrogen and oxygen atoms in total. The lowest BCUT2D eigenvalue weighted by Crippen LogP contribution is -1.86. The molecule has 4 aromatic carbocycles. The number of aryl methyl sites for hydroxylation is 2. The molecule has 4 rings (SSSR count). The van der Waals surface area contributed by atoms with Crippen LogP contribution >= 0.6 is 0 Å². The van der Waals surface area contributed by atoms with Crippen LogP contribution in [-0.2, 0) is 0 Å². The Labute approximate surface area is 157 Å². The van der Waals surface area contributed by atoms with E-state index in [1.165, 1.54) is 49.0 Å². The molecule has 0 aromatic heterocycles. The van der Waals surface area contributed by atoms with Gasteiger partial charge < -0.3 is 0 Å². The molecule has 0 saturated carbocycles. The normalized spacial score (nSPS) is 10.0. The van der Waals surface area contributed by atoms with Crippen molar-refractivity contribution in [2.24, 2.45) is 0 Å². The smallest absolute Gasteiger partial charge is 0.00987 e. The average Bonchev–Trinajstić information content (AvgIpc) is 2.70. The number of rotatable bonds is 1. The van der Waals surface area contributed by atoms with Gasteiger partial charge in [0.25, 0.3) is 0 Å². The highest BCUT2D eigenvalue weighted by Crippen LogP contribution is 2.34. The summed E-state index contributed by atoms with van der Waals surface area (Å²) in [7, 11) is 0. The van der Waals surface area contributed by atoms with Crippen LogP contribution in [0.1, 0.15) is 30.5 Å². The van der Waals surface area contributed by atoms with Crippen LogP contribution in [0.3, 0.4) is 0 Å². The van der Waals surface area contributed by atoms with Gasteiger partial charge in [0.05, 0.1) is 0 Å². The van der Waals surface area contributed by atoms with Crippen LogP contribution in [0.15, 0.2) is 74.3 Å². The molecule has 0 atom stereocenters. The lowest BCUT2D eigenvalue weighted by atomic mass is 9.93. The summed E-state index contributed by atoms with van der Waals surface area (Å²) in [6.07, 6.45) is 1.97. The largest absolute Gasteiger partial charge is 0.106 e. The lowest BCUT2D eigenvalue weighted by molar-refractivity contribution is 1.48. The number of benzene rings is 4. The first-order valence-corrected chi connectivity index (χ1v) is 9.17. The van der Waals surface area contributed by atoms with Crippen LogP contribution in [0.25, 0.3) is 38.4 Å². The molecule has 132 valence electrons. The zero-order valence-corrected chi connectivity index (χ0v) is 16.4. The third-order valence-electron chi connectivity index (χ3n) is 4.63. The van der Waals surface area contributed by atoms with Crippen molar-refractivity contribution in [2.75, 3.05) is 0 Å². The number of hydrogen-bond acceptors (Lipinski definition) is 0. The Balaban J connectivity index is 0.000000570. The van der Waals surface area contributed by atoms with Crippen LogP contribution in [0.4, 0.5) is 0 Å². The van der Waals surface area contributed by atoms with Gasteiger partial charge in [0.1, 0.15) is 0 Å².